The Morgan fingerprint density at radius 3 is 2.68 bits per heavy atom. The van der Waals surface area contributed by atoms with Gasteiger partial charge in [0.2, 0.25) is 5.91 Å². The lowest BCUT2D eigenvalue weighted by atomic mass is 9.86. The fourth-order valence-corrected chi connectivity index (χ4v) is 3.02. The SMILES string of the molecule is CC1=CCCC2=C1CCN(Cc1ccccc1)C2=O. The first-order chi connectivity index (χ1) is 9.25. The number of hydrogen-bond donors (Lipinski definition) is 0. The smallest absolute Gasteiger partial charge is 0.250 e. The highest BCUT2D eigenvalue weighted by Crippen LogP contribution is 2.32. The van der Waals surface area contributed by atoms with Gasteiger partial charge in [-0.15, -0.1) is 0 Å². The first kappa shape index (κ1) is 12.2. The van der Waals surface area contributed by atoms with Crippen molar-refractivity contribution in [3.8, 4) is 0 Å². The fraction of sp³-hybridized carbons (Fsp3) is 0.353. The first-order valence-electron chi connectivity index (χ1n) is 6.98. The molecule has 19 heavy (non-hydrogen) atoms. The van der Waals surface area contributed by atoms with Gasteiger partial charge in [0, 0.05) is 18.7 Å². The molecule has 1 aromatic rings. The minimum absolute atomic E-state index is 0.248. The van der Waals surface area contributed by atoms with E-state index in [-0.39, 0.29) is 5.91 Å². The molecule has 0 spiro atoms. The van der Waals surface area contributed by atoms with E-state index in [1.807, 2.05) is 23.1 Å². The Kier molecular flexibility index (Phi) is 3.24. The third-order valence-corrected chi connectivity index (χ3v) is 4.08. The average Bonchev–Trinajstić information content (AvgIpc) is 2.44. The van der Waals surface area contributed by atoms with Gasteiger partial charge < -0.3 is 4.90 Å². The first-order valence-corrected chi connectivity index (χ1v) is 6.98. The summed E-state index contributed by atoms with van der Waals surface area (Å²) in [5.74, 6) is 0.248. The molecule has 2 nitrogen and oxygen atoms in total. The second-order valence-corrected chi connectivity index (χ2v) is 5.35. The number of carbonyl (C=O) groups is 1. The number of nitrogens with zero attached hydrogens (tertiary/aromatic N) is 1. The van der Waals surface area contributed by atoms with Crippen LogP contribution in [0.3, 0.4) is 0 Å². The van der Waals surface area contributed by atoms with Crippen molar-refractivity contribution < 1.29 is 4.79 Å². The molecule has 0 unspecified atom stereocenters. The van der Waals surface area contributed by atoms with Crippen molar-refractivity contribution in [2.75, 3.05) is 6.54 Å². The molecule has 2 aliphatic rings. The van der Waals surface area contributed by atoms with E-state index in [9.17, 15) is 4.79 Å². The van der Waals surface area contributed by atoms with Gasteiger partial charge in [-0.25, -0.2) is 0 Å². The van der Waals surface area contributed by atoms with Crippen molar-refractivity contribution in [3.05, 3.63) is 58.7 Å². The molecule has 98 valence electrons. The zero-order chi connectivity index (χ0) is 13.2. The zero-order valence-corrected chi connectivity index (χ0v) is 11.4. The molecule has 1 aliphatic heterocycles. The minimum atomic E-state index is 0.248. The van der Waals surface area contributed by atoms with Gasteiger partial charge in [0.05, 0.1) is 0 Å². The van der Waals surface area contributed by atoms with Gasteiger partial charge in [-0.1, -0.05) is 42.0 Å². The lowest BCUT2D eigenvalue weighted by molar-refractivity contribution is -0.128. The van der Waals surface area contributed by atoms with Crippen molar-refractivity contribution in [2.45, 2.75) is 32.7 Å². The summed E-state index contributed by atoms with van der Waals surface area (Å²) in [6.45, 7) is 3.71. The summed E-state index contributed by atoms with van der Waals surface area (Å²) in [5, 5.41) is 0. The van der Waals surface area contributed by atoms with Crippen molar-refractivity contribution in [1.82, 2.24) is 4.90 Å². The zero-order valence-electron chi connectivity index (χ0n) is 11.4. The highest BCUT2D eigenvalue weighted by molar-refractivity contribution is 5.96. The predicted molar refractivity (Wildman–Crippen MR) is 76.5 cm³/mol. The summed E-state index contributed by atoms with van der Waals surface area (Å²) in [5.41, 5.74) is 4.89. The van der Waals surface area contributed by atoms with Gasteiger partial charge in [-0.2, -0.15) is 0 Å². The third kappa shape index (κ3) is 2.35. The molecule has 0 saturated heterocycles. The van der Waals surface area contributed by atoms with Gasteiger partial charge in [0.15, 0.2) is 0 Å². The molecule has 2 heteroatoms. The van der Waals surface area contributed by atoms with Crippen LogP contribution in [-0.4, -0.2) is 17.4 Å². The largest absolute Gasteiger partial charge is 0.334 e. The maximum Gasteiger partial charge on any atom is 0.250 e. The van der Waals surface area contributed by atoms with Crippen molar-refractivity contribution in [3.63, 3.8) is 0 Å². The molecule has 1 aliphatic carbocycles. The Morgan fingerprint density at radius 1 is 1.11 bits per heavy atom. The standard InChI is InChI=1S/C17H19NO/c1-13-6-5-9-16-15(13)10-11-18(17(16)19)12-14-7-3-2-4-8-14/h2-4,6-8H,5,9-12H2,1H3. The van der Waals surface area contributed by atoms with Crippen molar-refractivity contribution >= 4 is 5.91 Å². The van der Waals surface area contributed by atoms with Gasteiger partial charge >= 0.3 is 0 Å². The highest BCUT2D eigenvalue weighted by Gasteiger charge is 2.28. The molecule has 1 aromatic carbocycles. The molecule has 0 aromatic heterocycles. The monoisotopic (exact) mass is 253 g/mol. The van der Waals surface area contributed by atoms with Gasteiger partial charge in [0.25, 0.3) is 0 Å². The number of rotatable bonds is 2. The summed E-state index contributed by atoms with van der Waals surface area (Å²) < 4.78 is 0. The van der Waals surface area contributed by atoms with Crippen molar-refractivity contribution in [2.24, 2.45) is 0 Å². The summed E-state index contributed by atoms with van der Waals surface area (Å²) in [7, 11) is 0. The topological polar surface area (TPSA) is 20.3 Å². The van der Waals surface area contributed by atoms with Gasteiger partial charge in [0.1, 0.15) is 0 Å². The van der Waals surface area contributed by atoms with Crippen LogP contribution in [0.25, 0.3) is 0 Å². The second-order valence-electron chi connectivity index (χ2n) is 5.35. The lowest BCUT2D eigenvalue weighted by Crippen LogP contribution is -2.37. The molecule has 1 heterocycles. The molecule has 0 radical (unpaired) electrons. The number of carbonyl (C=O) groups excluding carboxylic acids is 1. The van der Waals surface area contributed by atoms with Crippen LogP contribution in [0.1, 0.15) is 31.7 Å². The van der Waals surface area contributed by atoms with Crippen LogP contribution < -0.4 is 0 Å². The Balaban J connectivity index is 1.81. The third-order valence-electron chi connectivity index (χ3n) is 4.08. The van der Waals surface area contributed by atoms with Crippen LogP contribution in [0, 0.1) is 0 Å². The second kappa shape index (κ2) is 5.04. The molecular formula is C17H19NO. The minimum Gasteiger partial charge on any atom is -0.334 e. The molecular weight excluding hydrogens is 234 g/mol. The molecule has 1 amide bonds. The van der Waals surface area contributed by atoms with Crippen LogP contribution in [0.2, 0.25) is 0 Å². The van der Waals surface area contributed by atoms with E-state index in [1.54, 1.807) is 0 Å². The van der Waals surface area contributed by atoms with E-state index in [1.165, 1.54) is 16.7 Å². The Hall–Kier alpha value is -1.83. The molecule has 0 fully saturated rings. The Morgan fingerprint density at radius 2 is 1.89 bits per heavy atom. The summed E-state index contributed by atoms with van der Waals surface area (Å²) in [4.78, 5) is 14.5. The summed E-state index contributed by atoms with van der Waals surface area (Å²) in [6.07, 6.45) is 5.20. The molecule has 0 atom stereocenters. The summed E-state index contributed by atoms with van der Waals surface area (Å²) in [6, 6.07) is 10.2. The molecule has 0 N–H and O–H groups in total. The maximum absolute atomic E-state index is 12.6. The number of amides is 1. The normalized spacial score (nSPS) is 19.3. The van der Waals surface area contributed by atoms with Crippen molar-refractivity contribution in [1.29, 1.82) is 0 Å². The molecule has 0 saturated carbocycles. The van der Waals surface area contributed by atoms with E-state index in [2.05, 4.69) is 25.1 Å². The number of hydrogen-bond acceptors (Lipinski definition) is 1. The number of benzene rings is 1. The van der Waals surface area contributed by atoms with E-state index in [0.29, 0.717) is 0 Å². The van der Waals surface area contributed by atoms with Crippen LogP contribution in [0.4, 0.5) is 0 Å². The highest BCUT2D eigenvalue weighted by atomic mass is 16.2. The Labute approximate surface area is 114 Å². The lowest BCUT2D eigenvalue weighted by Gasteiger charge is -2.32. The Bertz CT molecular complexity index is 554. The van der Waals surface area contributed by atoms with E-state index >= 15 is 0 Å². The van der Waals surface area contributed by atoms with Gasteiger partial charge in [-0.05, 0) is 37.3 Å². The molecule has 3 rings (SSSR count). The maximum atomic E-state index is 12.6. The quantitative estimate of drug-likeness (QED) is 0.790. The van der Waals surface area contributed by atoms with E-state index < -0.39 is 0 Å². The summed E-state index contributed by atoms with van der Waals surface area (Å²) >= 11 is 0. The van der Waals surface area contributed by atoms with Crippen LogP contribution in [0.15, 0.2) is 53.1 Å². The number of allylic oxidation sites excluding steroid dienone is 2. The van der Waals surface area contributed by atoms with Crippen LogP contribution in [0.5, 0.6) is 0 Å². The van der Waals surface area contributed by atoms with E-state index in [4.69, 9.17) is 0 Å². The average molecular weight is 253 g/mol. The fourth-order valence-electron chi connectivity index (χ4n) is 3.02. The van der Waals surface area contributed by atoms with E-state index in [0.717, 1.165) is 37.9 Å². The molecule has 0 bridgehead atoms. The van der Waals surface area contributed by atoms with Crippen LogP contribution in [-0.2, 0) is 11.3 Å². The van der Waals surface area contributed by atoms with Crippen LogP contribution >= 0.6 is 0 Å². The van der Waals surface area contributed by atoms with Gasteiger partial charge in [-0.3, -0.25) is 4.79 Å². The predicted octanol–water partition coefficient (Wildman–Crippen LogP) is 3.46.